The monoisotopic (exact) mass is 169 g/mol. The maximum absolute atomic E-state index is 3.40. The van der Waals surface area contributed by atoms with Gasteiger partial charge in [-0.3, -0.25) is 0 Å². The topological polar surface area (TPSA) is 12.0 Å². The van der Waals surface area contributed by atoms with Crippen LogP contribution in [0.15, 0.2) is 12.2 Å². The zero-order valence-corrected chi connectivity index (χ0v) is 8.51. The summed E-state index contributed by atoms with van der Waals surface area (Å²) in [5, 5.41) is 3.40. The summed E-state index contributed by atoms with van der Waals surface area (Å²) >= 11 is 0. The van der Waals surface area contributed by atoms with Gasteiger partial charge in [0.25, 0.3) is 0 Å². The van der Waals surface area contributed by atoms with Crippen molar-refractivity contribution in [2.75, 3.05) is 13.1 Å². The first-order valence-electron chi connectivity index (χ1n) is 5.31. The second kappa shape index (κ2) is 4.66. The third-order valence-corrected chi connectivity index (χ3v) is 2.85. The summed E-state index contributed by atoms with van der Waals surface area (Å²) in [5.41, 5.74) is 0. The summed E-state index contributed by atoms with van der Waals surface area (Å²) in [6.07, 6.45) is 6.16. The largest absolute Gasteiger partial charge is 0.317 e. The highest BCUT2D eigenvalue weighted by molar-refractivity contribution is 5.18. The molecule has 2 rings (SSSR count). The first-order chi connectivity index (χ1) is 5.92. The van der Waals surface area contributed by atoms with E-state index in [1.54, 1.807) is 0 Å². The fourth-order valence-electron chi connectivity index (χ4n) is 2.00. The van der Waals surface area contributed by atoms with Crippen molar-refractivity contribution >= 4 is 0 Å². The smallest absolute Gasteiger partial charge is 0 e. The van der Waals surface area contributed by atoms with Gasteiger partial charge in [0, 0.05) is 1.43 Å². The molecule has 72 valence electrons. The highest BCUT2D eigenvalue weighted by Gasteiger charge is 2.41. The Bertz CT molecular complexity index is 156. The summed E-state index contributed by atoms with van der Waals surface area (Å²) in [6, 6.07) is 0. The van der Waals surface area contributed by atoms with Crippen LogP contribution in [-0.4, -0.2) is 13.1 Å². The molecule has 0 bridgehead atoms. The van der Waals surface area contributed by atoms with Gasteiger partial charge in [-0.05, 0) is 37.3 Å². The molecular formula is C11H23N. The molecule has 12 heavy (non-hydrogen) atoms. The number of hydrogen-bond donors (Lipinski definition) is 1. The lowest BCUT2D eigenvalue weighted by atomic mass is 9.58. The van der Waals surface area contributed by atoms with Crippen LogP contribution in [0.2, 0.25) is 0 Å². The Balaban J connectivity index is 0.000000451. The van der Waals surface area contributed by atoms with Crippen molar-refractivity contribution < 1.29 is 1.43 Å². The normalized spacial score (nSPS) is 35.4. The maximum atomic E-state index is 3.40. The molecular weight excluding hydrogens is 146 g/mol. The summed E-state index contributed by atoms with van der Waals surface area (Å²) in [6.45, 7) is 8.53. The van der Waals surface area contributed by atoms with Gasteiger partial charge >= 0.3 is 0 Å². The molecule has 1 saturated carbocycles. The molecule has 0 saturated heterocycles. The summed E-state index contributed by atoms with van der Waals surface area (Å²) < 4.78 is 0. The van der Waals surface area contributed by atoms with Crippen molar-refractivity contribution in [2.45, 2.75) is 27.2 Å². The molecule has 1 nitrogen and oxygen atoms in total. The molecule has 0 aliphatic heterocycles. The average Bonchev–Trinajstić information content (AvgIpc) is 2.11. The van der Waals surface area contributed by atoms with Crippen LogP contribution in [0.25, 0.3) is 0 Å². The van der Waals surface area contributed by atoms with E-state index in [9.17, 15) is 0 Å². The van der Waals surface area contributed by atoms with Gasteiger partial charge in [-0.2, -0.15) is 0 Å². The predicted molar refractivity (Wildman–Crippen MR) is 56.2 cm³/mol. The Morgan fingerprint density at radius 1 is 1.42 bits per heavy atom. The number of fused-ring (bicyclic) bond motifs is 1. The van der Waals surface area contributed by atoms with Gasteiger partial charge in [0.15, 0.2) is 0 Å². The van der Waals surface area contributed by atoms with Gasteiger partial charge in [-0.1, -0.05) is 32.9 Å². The fourth-order valence-corrected chi connectivity index (χ4v) is 2.00. The van der Waals surface area contributed by atoms with Crippen LogP contribution in [0, 0.1) is 17.8 Å². The Morgan fingerprint density at radius 3 is 2.50 bits per heavy atom. The third kappa shape index (κ3) is 1.71. The van der Waals surface area contributed by atoms with E-state index in [0.717, 1.165) is 24.3 Å². The van der Waals surface area contributed by atoms with E-state index in [2.05, 4.69) is 24.4 Å². The molecule has 1 fully saturated rings. The standard InChI is InChI=1S/C9H15N.C2H6.H2/c1-2-10-6-8-5-7-3-4-9(7)8;1-2;/h3-4,7-10H,2,5-6H2,1H3;1-2H3;1H. The molecule has 1 N–H and O–H groups in total. The minimum Gasteiger partial charge on any atom is -0.317 e. The Hall–Kier alpha value is -0.300. The zero-order chi connectivity index (χ0) is 8.97. The van der Waals surface area contributed by atoms with Crippen LogP contribution in [0.3, 0.4) is 0 Å². The SMILES string of the molecule is CC.CCNCC1CC2C=CC21.[HH]. The van der Waals surface area contributed by atoms with Gasteiger partial charge < -0.3 is 5.32 Å². The fraction of sp³-hybridized carbons (Fsp3) is 0.818. The van der Waals surface area contributed by atoms with E-state index in [1.165, 1.54) is 13.0 Å². The van der Waals surface area contributed by atoms with Crippen LogP contribution >= 0.6 is 0 Å². The lowest BCUT2D eigenvalue weighted by Crippen LogP contribution is -2.44. The number of hydrogen-bond acceptors (Lipinski definition) is 1. The van der Waals surface area contributed by atoms with E-state index in [0.29, 0.717) is 0 Å². The quantitative estimate of drug-likeness (QED) is 0.640. The van der Waals surface area contributed by atoms with Crippen LogP contribution < -0.4 is 5.32 Å². The Kier molecular flexibility index (Phi) is 3.80. The van der Waals surface area contributed by atoms with Gasteiger partial charge in [0.2, 0.25) is 0 Å². The molecule has 0 aromatic heterocycles. The zero-order valence-electron chi connectivity index (χ0n) is 8.51. The maximum Gasteiger partial charge on any atom is 0 e. The van der Waals surface area contributed by atoms with E-state index in [1.807, 2.05) is 13.8 Å². The van der Waals surface area contributed by atoms with Gasteiger partial charge in [0.1, 0.15) is 0 Å². The molecule has 0 aromatic carbocycles. The second-order valence-electron chi connectivity index (χ2n) is 3.43. The second-order valence-corrected chi connectivity index (χ2v) is 3.43. The van der Waals surface area contributed by atoms with E-state index in [-0.39, 0.29) is 1.43 Å². The molecule has 3 unspecified atom stereocenters. The molecule has 2 aliphatic carbocycles. The molecule has 0 aromatic rings. The third-order valence-electron chi connectivity index (χ3n) is 2.85. The Labute approximate surface area is 77.7 Å². The van der Waals surface area contributed by atoms with Gasteiger partial charge in [-0.15, -0.1) is 0 Å². The first kappa shape index (κ1) is 9.79. The molecule has 1 heteroatoms. The van der Waals surface area contributed by atoms with Gasteiger partial charge in [0.05, 0.1) is 0 Å². The van der Waals surface area contributed by atoms with Crippen molar-refractivity contribution in [3.63, 3.8) is 0 Å². The van der Waals surface area contributed by atoms with Crippen LogP contribution in [0.1, 0.15) is 28.6 Å². The molecule has 2 aliphatic rings. The van der Waals surface area contributed by atoms with Crippen LogP contribution in [0.5, 0.6) is 0 Å². The predicted octanol–water partition coefficient (Wildman–Crippen LogP) is 2.69. The van der Waals surface area contributed by atoms with Crippen LogP contribution in [-0.2, 0) is 0 Å². The molecule has 0 amide bonds. The number of allylic oxidation sites excluding steroid dienone is 2. The lowest BCUT2D eigenvalue weighted by molar-refractivity contribution is 0.124. The van der Waals surface area contributed by atoms with Crippen molar-refractivity contribution in [2.24, 2.45) is 17.8 Å². The molecule has 0 heterocycles. The lowest BCUT2D eigenvalue weighted by Gasteiger charge is -2.47. The molecule has 0 radical (unpaired) electrons. The summed E-state index contributed by atoms with van der Waals surface area (Å²) in [5.74, 6) is 2.90. The van der Waals surface area contributed by atoms with Crippen LogP contribution in [0.4, 0.5) is 0 Å². The summed E-state index contributed by atoms with van der Waals surface area (Å²) in [4.78, 5) is 0. The highest BCUT2D eigenvalue weighted by Crippen LogP contribution is 2.48. The van der Waals surface area contributed by atoms with E-state index in [4.69, 9.17) is 0 Å². The van der Waals surface area contributed by atoms with Crippen molar-refractivity contribution in [1.82, 2.24) is 5.32 Å². The average molecular weight is 169 g/mol. The van der Waals surface area contributed by atoms with Crippen molar-refractivity contribution in [3.05, 3.63) is 12.2 Å². The van der Waals surface area contributed by atoms with E-state index < -0.39 is 0 Å². The number of rotatable bonds is 3. The first-order valence-corrected chi connectivity index (χ1v) is 5.31. The summed E-state index contributed by atoms with van der Waals surface area (Å²) in [7, 11) is 0. The molecule has 0 spiro atoms. The molecule has 3 atom stereocenters. The van der Waals surface area contributed by atoms with Crippen molar-refractivity contribution in [1.29, 1.82) is 0 Å². The van der Waals surface area contributed by atoms with E-state index >= 15 is 0 Å². The Morgan fingerprint density at radius 2 is 2.17 bits per heavy atom. The highest BCUT2D eigenvalue weighted by atomic mass is 14.9. The number of nitrogens with one attached hydrogen (secondary N) is 1. The van der Waals surface area contributed by atoms with Gasteiger partial charge in [-0.25, -0.2) is 0 Å². The minimum absolute atomic E-state index is 0. The van der Waals surface area contributed by atoms with Crippen molar-refractivity contribution in [3.8, 4) is 0 Å². The minimum atomic E-state index is 0.